The SMILES string of the molecule is N#Cc1ccc(-c2ccc(-c3nc(-c4ccccc4)nc(-c4ccccc4)n3)c(-n3c4ccccc4c4cc(-n5c6ccccc6c6ccccc65)ccc43)c2)cc1. The number of hydrogen-bond donors (Lipinski definition) is 0. The molecular weight excluding hydrogens is 709 g/mol. The molecule has 0 spiro atoms. The largest absolute Gasteiger partial charge is 0.309 e. The maximum absolute atomic E-state index is 9.55. The quantitative estimate of drug-likeness (QED) is 0.170. The Morgan fingerprint density at radius 2 is 0.845 bits per heavy atom. The zero-order chi connectivity index (χ0) is 38.6. The van der Waals surface area contributed by atoms with Crippen LogP contribution in [0.5, 0.6) is 0 Å². The van der Waals surface area contributed by atoms with Crippen LogP contribution >= 0.6 is 0 Å². The second kappa shape index (κ2) is 13.6. The minimum atomic E-state index is 0.571. The van der Waals surface area contributed by atoms with Crippen LogP contribution in [0.3, 0.4) is 0 Å². The van der Waals surface area contributed by atoms with Crippen LogP contribution in [0, 0.1) is 11.3 Å². The van der Waals surface area contributed by atoms with Gasteiger partial charge >= 0.3 is 0 Å². The lowest BCUT2D eigenvalue weighted by Gasteiger charge is -2.17. The molecule has 0 amide bonds. The van der Waals surface area contributed by atoms with Gasteiger partial charge in [-0.05, 0) is 71.8 Å². The van der Waals surface area contributed by atoms with Crippen LogP contribution in [0.4, 0.5) is 0 Å². The average Bonchev–Trinajstić information content (AvgIpc) is 3.82. The Labute approximate surface area is 334 Å². The molecule has 6 nitrogen and oxygen atoms in total. The lowest BCUT2D eigenvalue weighted by molar-refractivity contribution is 1.06. The van der Waals surface area contributed by atoms with E-state index in [0.29, 0.717) is 23.0 Å². The number of nitriles is 1. The third kappa shape index (κ3) is 5.45. The molecule has 11 rings (SSSR count). The summed E-state index contributed by atoms with van der Waals surface area (Å²) in [6.07, 6.45) is 0. The van der Waals surface area contributed by atoms with Crippen molar-refractivity contribution in [1.29, 1.82) is 5.26 Å². The van der Waals surface area contributed by atoms with Gasteiger partial charge in [0.2, 0.25) is 0 Å². The summed E-state index contributed by atoms with van der Waals surface area (Å²) in [5.74, 6) is 1.77. The van der Waals surface area contributed by atoms with Gasteiger partial charge in [0.1, 0.15) is 0 Å². The minimum Gasteiger partial charge on any atom is -0.309 e. The molecule has 0 radical (unpaired) electrons. The van der Waals surface area contributed by atoms with Gasteiger partial charge < -0.3 is 9.13 Å². The first-order valence-electron chi connectivity index (χ1n) is 19.3. The molecule has 0 saturated heterocycles. The number of benzene rings is 8. The molecule has 0 saturated carbocycles. The maximum atomic E-state index is 9.55. The summed E-state index contributed by atoms with van der Waals surface area (Å²) in [7, 11) is 0. The average molecular weight is 741 g/mol. The van der Waals surface area contributed by atoms with Crippen LogP contribution in [0.25, 0.3) is 100 Å². The molecule has 0 fully saturated rings. The van der Waals surface area contributed by atoms with Crippen molar-refractivity contribution in [3.63, 3.8) is 0 Å². The van der Waals surface area contributed by atoms with Gasteiger partial charge in [-0.2, -0.15) is 5.26 Å². The number of nitrogens with zero attached hydrogens (tertiary/aromatic N) is 6. The topological polar surface area (TPSA) is 72.3 Å². The number of fused-ring (bicyclic) bond motifs is 6. The van der Waals surface area contributed by atoms with E-state index >= 15 is 0 Å². The molecule has 0 aliphatic carbocycles. The van der Waals surface area contributed by atoms with Crippen LogP contribution in [0.2, 0.25) is 0 Å². The zero-order valence-corrected chi connectivity index (χ0v) is 31.2. The van der Waals surface area contributed by atoms with E-state index in [-0.39, 0.29) is 0 Å². The highest BCUT2D eigenvalue weighted by atomic mass is 15.1. The van der Waals surface area contributed by atoms with Crippen molar-refractivity contribution in [3.8, 4) is 62.7 Å². The molecule has 0 N–H and O–H groups in total. The van der Waals surface area contributed by atoms with Crippen LogP contribution in [0.1, 0.15) is 5.56 Å². The van der Waals surface area contributed by atoms with Crippen LogP contribution in [-0.2, 0) is 0 Å². The van der Waals surface area contributed by atoms with Gasteiger partial charge in [0.15, 0.2) is 17.5 Å². The highest BCUT2D eigenvalue weighted by molar-refractivity contribution is 6.12. The second-order valence-electron chi connectivity index (χ2n) is 14.4. The fraction of sp³-hybridized carbons (Fsp3) is 0. The zero-order valence-electron chi connectivity index (χ0n) is 31.2. The summed E-state index contributed by atoms with van der Waals surface area (Å²) in [4.78, 5) is 15.4. The van der Waals surface area contributed by atoms with Crippen molar-refractivity contribution in [2.75, 3.05) is 0 Å². The fourth-order valence-electron chi connectivity index (χ4n) is 8.31. The predicted octanol–water partition coefficient (Wildman–Crippen LogP) is 12.6. The Morgan fingerprint density at radius 1 is 0.362 bits per heavy atom. The van der Waals surface area contributed by atoms with Gasteiger partial charge in [0, 0.05) is 43.9 Å². The third-order valence-electron chi connectivity index (χ3n) is 11.0. The smallest absolute Gasteiger partial charge is 0.166 e. The monoisotopic (exact) mass is 740 g/mol. The third-order valence-corrected chi connectivity index (χ3v) is 11.0. The van der Waals surface area contributed by atoms with E-state index in [9.17, 15) is 5.26 Å². The first-order valence-corrected chi connectivity index (χ1v) is 19.3. The number of aromatic nitrogens is 5. The Kier molecular flexibility index (Phi) is 7.76. The Bertz CT molecular complexity index is 3280. The van der Waals surface area contributed by atoms with Gasteiger partial charge in [-0.15, -0.1) is 0 Å². The van der Waals surface area contributed by atoms with Crippen molar-refractivity contribution >= 4 is 43.6 Å². The summed E-state index contributed by atoms with van der Waals surface area (Å²) in [6.45, 7) is 0. The van der Waals surface area contributed by atoms with Crippen molar-refractivity contribution in [1.82, 2.24) is 24.1 Å². The van der Waals surface area contributed by atoms with Crippen LogP contribution in [0.15, 0.2) is 194 Å². The highest BCUT2D eigenvalue weighted by Gasteiger charge is 2.21. The summed E-state index contributed by atoms with van der Waals surface area (Å²) in [6, 6.07) is 69.2. The number of hydrogen-bond acceptors (Lipinski definition) is 4. The van der Waals surface area contributed by atoms with E-state index in [1.807, 2.05) is 84.9 Å². The van der Waals surface area contributed by atoms with Gasteiger partial charge in [-0.1, -0.05) is 133 Å². The van der Waals surface area contributed by atoms with Crippen molar-refractivity contribution in [3.05, 3.63) is 200 Å². The molecule has 11 aromatic rings. The maximum Gasteiger partial charge on any atom is 0.166 e. The number of rotatable bonds is 6. The number of para-hydroxylation sites is 3. The second-order valence-corrected chi connectivity index (χ2v) is 14.4. The molecular formula is C52H32N6. The summed E-state index contributed by atoms with van der Waals surface area (Å²) >= 11 is 0. The van der Waals surface area contributed by atoms with Crippen LogP contribution in [-0.4, -0.2) is 24.1 Å². The normalized spacial score (nSPS) is 11.4. The van der Waals surface area contributed by atoms with Crippen molar-refractivity contribution < 1.29 is 0 Å². The lowest BCUT2D eigenvalue weighted by Crippen LogP contribution is -2.04. The first-order chi connectivity index (χ1) is 28.7. The highest BCUT2D eigenvalue weighted by Crippen LogP contribution is 2.40. The molecule has 3 heterocycles. The molecule has 0 bridgehead atoms. The Hall–Kier alpha value is -8.14. The molecule has 270 valence electrons. The molecule has 0 aliphatic heterocycles. The predicted molar refractivity (Wildman–Crippen MR) is 235 cm³/mol. The van der Waals surface area contributed by atoms with Crippen molar-refractivity contribution in [2.45, 2.75) is 0 Å². The summed E-state index contributed by atoms with van der Waals surface area (Å²) in [5.41, 5.74) is 11.8. The molecule has 58 heavy (non-hydrogen) atoms. The van der Waals surface area contributed by atoms with Gasteiger partial charge in [0.05, 0.1) is 39.4 Å². The van der Waals surface area contributed by atoms with E-state index in [2.05, 4.69) is 124 Å². The molecule has 8 aromatic carbocycles. The fourth-order valence-corrected chi connectivity index (χ4v) is 8.31. The summed E-state index contributed by atoms with van der Waals surface area (Å²) in [5, 5.41) is 14.3. The molecule has 0 atom stereocenters. The molecule has 0 aliphatic rings. The van der Waals surface area contributed by atoms with E-state index in [0.717, 1.165) is 61.0 Å². The van der Waals surface area contributed by atoms with Gasteiger partial charge in [0.25, 0.3) is 0 Å². The first kappa shape index (κ1) is 33.2. The molecule has 6 heteroatoms. The minimum absolute atomic E-state index is 0.571. The van der Waals surface area contributed by atoms with Crippen molar-refractivity contribution in [2.24, 2.45) is 0 Å². The summed E-state index contributed by atoms with van der Waals surface area (Å²) < 4.78 is 4.71. The van der Waals surface area contributed by atoms with Gasteiger partial charge in [-0.25, -0.2) is 15.0 Å². The van der Waals surface area contributed by atoms with Crippen LogP contribution < -0.4 is 0 Å². The Balaban J connectivity index is 1.19. The van der Waals surface area contributed by atoms with Gasteiger partial charge in [-0.3, -0.25) is 0 Å². The van der Waals surface area contributed by atoms with E-state index in [4.69, 9.17) is 15.0 Å². The van der Waals surface area contributed by atoms with E-state index < -0.39 is 0 Å². The standard InChI is InChI=1S/C52H32N6/c53-33-34-23-25-35(26-24-34)38-27-29-43(52-55-50(36-13-3-1-4-14-36)54-51(56-52)37-15-5-2-6-16-37)49(31-38)58-47-22-12-9-19-42(47)44-32-39(28-30-48(44)58)57-45-20-10-7-17-40(45)41-18-8-11-21-46(41)57/h1-32H. The molecule has 0 unspecified atom stereocenters. The van der Waals surface area contributed by atoms with E-state index in [1.54, 1.807) is 0 Å². The molecule has 3 aromatic heterocycles. The Morgan fingerprint density at radius 3 is 1.43 bits per heavy atom. The lowest BCUT2D eigenvalue weighted by atomic mass is 10.0. The van der Waals surface area contributed by atoms with E-state index in [1.165, 1.54) is 21.8 Å².